The molecule has 0 aromatic carbocycles. The van der Waals surface area contributed by atoms with Gasteiger partial charge < -0.3 is 19.4 Å². The number of ether oxygens (including phenoxy) is 2. The van der Waals surface area contributed by atoms with Crippen LogP contribution in [0.1, 0.15) is 24.3 Å². The van der Waals surface area contributed by atoms with E-state index in [1.807, 2.05) is 13.8 Å². The van der Waals surface area contributed by atoms with Crippen LogP contribution in [0.3, 0.4) is 0 Å². The number of aromatic nitrogens is 1. The average Bonchev–Trinajstić information content (AvgIpc) is 3.05. The topological polar surface area (TPSA) is 91.9 Å². The van der Waals surface area contributed by atoms with Gasteiger partial charge in [-0.15, -0.1) is 0 Å². The van der Waals surface area contributed by atoms with Gasteiger partial charge in [-0.2, -0.15) is 4.31 Å². The van der Waals surface area contributed by atoms with Crippen LogP contribution in [0.5, 0.6) is 0 Å². The Morgan fingerprint density at radius 2 is 1.83 bits per heavy atom. The van der Waals surface area contributed by atoms with E-state index < -0.39 is 10.0 Å². The Labute approximate surface area is 141 Å². The number of sulfonamides is 1. The average molecular weight is 357 g/mol. The van der Waals surface area contributed by atoms with E-state index in [1.54, 1.807) is 4.90 Å². The second kappa shape index (κ2) is 6.83. The first-order chi connectivity index (χ1) is 11.4. The van der Waals surface area contributed by atoms with E-state index in [0.29, 0.717) is 39.4 Å². The van der Waals surface area contributed by atoms with Gasteiger partial charge in [0.05, 0.1) is 25.4 Å². The van der Waals surface area contributed by atoms with Gasteiger partial charge in [-0.05, 0) is 19.9 Å². The molecular weight excluding hydrogens is 334 g/mol. The van der Waals surface area contributed by atoms with Gasteiger partial charge in [-0.1, -0.05) is 0 Å². The summed E-state index contributed by atoms with van der Waals surface area (Å²) in [4.78, 5) is 17.2. The number of morpholine rings is 2. The summed E-state index contributed by atoms with van der Waals surface area (Å²) >= 11 is 0. The molecule has 2 aliphatic rings. The van der Waals surface area contributed by atoms with Crippen molar-refractivity contribution in [2.75, 3.05) is 39.4 Å². The number of H-pyrrole nitrogens is 1. The Morgan fingerprint density at radius 1 is 1.21 bits per heavy atom. The molecule has 1 amide bonds. The van der Waals surface area contributed by atoms with E-state index in [9.17, 15) is 13.2 Å². The van der Waals surface area contributed by atoms with Crippen molar-refractivity contribution >= 4 is 15.9 Å². The van der Waals surface area contributed by atoms with Crippen molar-refractivity contribution in [2.24, 2.45) is 0 Å². The number of nitrogens with zero attached hydrogens (tertiary/aromatic N) is 2. The minimum atomic E-state index is -3.60. The lowest BCUT2D eigenvalue weighted by molar-refractivity contribution is -0.0587. The molecule has 2 saturated heterocycles. The number of rotatable bonds is 3. The summed E-state index contributed by atoms with van der Waals surface area (Å²) in [5.41, 5.74) is 0.281. The maximum Gasteiger partial charge on any atom is 0.270 e. The first kappa shape index (κ1) is 17.4. The van der Waals surface area contributed by atoms with E-state index in [4.69, 9.17) is 9.47 Å². The molecule has 8 nitrogen and oxygen atoms in total. The minimum Gasteiger partial charge on any atom is -0.379 e. The molecule has 2 aliphatic heterocycles. The van der Waals surface area contributed by atoms with Crippen LogP contribution in [-0.2, 0) is 19.5 Å². The first-order valence-corrected chi connectivity index (χ1v) is 9.53. The van der Waals surface area contributed by atoms with Crippen molar-refractivity contribution in [3.05, 3.63) is 18.0 Å². The Hall–Kier alpha value is -1.42. The fourth-order valence-corrected chi connectivity index (χ4v) is 4.50. The SMILES string of the molecule is C[C@H]1CN(C(=O)c2cc(S(=O)(=O)N3CCOCC3)c[nH]2)C[C@H](C)O1. The summed E-state index contributed by atoms with van der Waals surface area (Å²) in [6.45, 7) is 6.25. The van der Waals surface area contributed by atoms with Crippen LogP contribution in [0.4, 0.5) is 0 Å². The molecule has 9 heteroatoms. The van der Waals surface area contributed by atoms with Gasteiger partial charge >= 0.3 is 0 Å². The molecule has 0 unspecified atom stereocenters. The van der Waals surface area contributed by atoms with Crippen molar-refractivity contribution in [1.29, 1.82) is 0 Å². The van der Waals surface area contributed by atoms with Crippen molar-refractivity contribution in [3.8, 4) is 0 Å². The molecule has 24 heavy (non-hydrogen) atoms. The lowest BCUT2D eigenvalue weighted by Crippen LogP contribution is -2.48. The summed E-state index contributed by atoms with van der Waals surface area (Å²) in [6.07, 6.45) is 1.30. The lowest BCUT2D eigenvalue weighted by atomic mass is 10.2. The zero-order valence-corrected chi connectivity index (χ0v) is 14.7. The molecule has 3 rings (SSSR count). The molecular formula is C15H23N3O5S. The molecule has 0 radical (unpaired) electrons. The number of hydrogen-bond acceptors (Lipinski definition) is 5. The van der Waals surface area contributed by atoms with Crippen molar-refractivity contribution in [3.63, 3.8) is 0 Å². The lowest BCUT2D eigenvalue weighted by Gasteiger charge is -2.35. The third-order valence-electron chi connectivity index (χ3n) is 4.20. The van der Waals surface area contributed by atoms with Gasteiger partial charge in [0.2, 0.25) is 10.0 Å². The number of carbonyl (C=O) groups is 1. The van der Waals surface area contributed by atoms with Crippen molar-refractivity contribution < 1.29 is 22.7 Å². The van der Waals surface area contributed by atoms with Gasteiger partial charge in [-0.3, -0.25) is 4.79 Å². The molecule has 2 fully saturated rings. The molecule has 3 heterocycles. The van der Waals surface area contributed by atoms with Gasteiger partial charge in [-0.25, -0.2) is 8.42 Å². The van der Waals surface area contributed by atoms with Crippen LogP contribution in [0.25, 0.3) is 0 Å². The van der Waals surface area contributed by atoms with Gasteiger partial charge in [0, 0.05) is 32.4 Å². The van der Waals surface area contributed by atoms with Crippen LogP contribution >= 0.6 is 0 Å². The fourth-order valence-electron chi connectivity index (χ4n) is 3.10. The quantitative estimate of drug-likeness (QED) is 0.839. The Bertz CT molecular complexity index is 686. The second-order valence-electron chi connectivity index (χ2n) is 6.23. The van der Waals surface area contributed by atoms with E-state index in [1.165, 1.54) is 16.6 Å². The number of nitrogens with one attached hydrogen (secondary N) is 1. The summed E-state index contributed by atoms with van der Waals surface area (Å²) in [6, 6.07) is 1.41. The normalized spacial score (nSPS) is 26.5. The highest BCUT2D eigenvalue weighted by Gasteiger charge is 2.30. The van der Waals surface area contributed by atoms with E-state index >= 15 is 0 Å². The van der Waals surface area contributed by atoms with Crippen LogP contribution in [0.2, 0.25) is 0 Å². The Kier molecular flexibility index (Phi) is 4.95. The third kappa shape index (κ3) is 3.49. The Morgan fingerprint density at radius 3 is 2.46 bits per heavy atom. The highest BCUT2D eigenvalue weighted by Crippen LogP contribution is 2.20. The van der Waals surface area contributed by atoms with Crippen LogP contribution in [0, 0.1) is 0 Å². The molecule has 1 aromatic heterocycles. The zero-order valence-electron chi connectivity index (χ0n) is 13.9. The molecule has 0 bridgehead atoms. The van der Waals surface area contributed by atoms with Gasteiger partial charge in [0.15, 0.2) is 0 Å². The van der Waals surface area contributed by atoms with Gasteiger partial charge in [0.1, 0.15) is 10.6 Å². The minimum absolute atomic E-state index is 0.0378. The van der Waals surface area contributed by atoms with E-state index in [-0.39, 0.29) is 28.7 Å². The van der Waals surface area contributed by atoms with Crippen LogP contribution in [0.15, 0.2) is 17.2 Å². The van der Waals surface area contributed by atoms with Gasteiger partial charge in [0.25, 0.3) is 5.91 Å². The van der Waals surface area contributed by atoms with E-state index in [2.05, 4.69) is 4.98 Å². The predicted molar refractivity (Wildman–Crippen MR) is 86.3 cm³/mol. The maximum absolute atomic E-state index is 12.6. The third-order valence-corrected chi connectivity index (χ3v) is 6.08. The smallest absolute Gasteiger partial charge is 0.270 e. The number of hydrogen-bond donors (Lipinski definition) is 1. The summed E-state index contributed by atoms with van der Waals surface area (Å²) in [5, 5.41) is 0. The number of aromatic amines is 1. The number of amides is 1. The largest absolute Gasteiger partial charge is 0.379 e. The standard InChI is InChI=1S/C15H23N3O5S/c1-11-9-17(10-12(2)23-11)15(19)14-7-13(8-16-14)24(20,21)18-3-5-22-6-4-18/h7-8,11-12,16H,3-6,9-10H2,1-2H3/t11-,12-/m0/s1. The van der Waals surface area contributed by atoms with Crippen LogP contribution < -0.4 is 0 Å². The molecule has 0 aliphatic carbocycles. The summed E-state index contributed by atoms with van der Waals surface area (Å²) in [5.74, 6) is -0.208. The monoisotopic (exact) mass is 357 g/mol. The maximum atomic E-state index is 12.6. The molecule has 2 atom stereocenters. The predicted octanol–water partition coefficient (Wildman–Crippen LogP) is 0.285. The molecule has 134 valence electrons. The Balaban J connectivity index is 1.76. The fraction of sp³-hybridized carbons (Fsp3) is 0.667. The second-order valence-corrected chi connectivity index (χ2v) is 8.17. The summed E-state index contributed by atoms with van der Waals surface area (Å²) in [7, 11) is -3.60. The van der Waals surface area contributed by atoms with Crippen LogP contribution in [-0.4, -0.2) is 80.1 Å². The molecule has 0 saturated carbocycles. The highest BCUT2D eigenvalue weighted by molar-refractivity contribution is 7.89. The van der Waals surface area contributed by atoms with Crippen molar-refractivity contribution in [2.45, 2.75) is 31.0 Å². The summed E-state index contributed by atoms with van der Waals surface area (Å²) < 4.78 is 37.4. The highest BCUT2D eigenvalue weighted by atomic mass is 32.2. The van der Waals surface area contributed by atoms with E-state index in [0.717, 1.165) is 0 Å². The van der Waals surface area contributed by atoms with Crippen molar-refractivity contribution in [1.82, 2.24) is 14.2 Å². The molecule has 0 spiro atoms. The molecule has 1 N–H and O–H groups in total. The number of carbonyl (C=O) groups excluding carboxylic acids is 1. The zero-order chi connectivity index (χ0) is 17.3. The molecule has 1 aromatic rings. The first-order valence-electron chi connectivity index (χ1n) is 8.09.